The Kier molecular flexibility index (Phi) is 4.44. The maximum Gasteiger partial charge on any atom is 0.244 e. The molecule has 0 saturated heterocycles. The van der Waals surface area contributed by atoms with Crippen molar-refractivity contribution in [2.24, 2.45) is 0 Å². The molecule has 2 aromatic rings. The number of rotatable bonds is 1. The summed E-state index contributed by atoms with van der Waals surface area (Å²) in [6, 6.07) is 5.50. The van der Waals surface area contributed by atoms with Gasteiger partial charge in [0, 0.05) is 18.6 Å². The number of carbonyl (C=O) groups is 1. The summed E-state index contributed by atoms with van der Waals surface area (Å²) in [6.45, 7) is 3.70. The SMILES string of the molecule is CC(C)(O)c1ccccn1.O=C1CNc2nccnc2N1. The minimum absolute atomic E-state index is 0.0852. The van der Waals surface area contributed by atoms with Crippen LogP contribution in [0.5, 0.6) is 0 Å². The number of pyridine rings is 1. The molecule has 7 nitrogen and oxygen atoms in total. The summed E-state index contributed by atoms with van der Waals surface area (Å²) in [4.78, 5) is 22.7. The van der Waals surface area contributed by atoms with Crippen molar-refractivity contribution in [3.63, 3.8) is 0 Å². The third kappa shape index (κ3) is 4.22. The largest absolute Gasteiger partial charge is 0.384 e. The summed E-state index contributed by atoms with van der Waals surface area (Å²) >= 11 is 0. The number of aromatic nitrogens is 3. The van der Waals surface area contributed by atoms with Crippen LogP contribution in [0.3, 0.4) is 0 Å². The van der Waals surface area contributed by atoms with Crippen molar-refractivity contribution < 1.29 is 9.90 Å². The molecule has 0 saturated carbocycles. The first kappa shape index (κ1) is 14.9. The highest BCUT2D eigenvalue weighted by molar-refractivity contribution is 5.98. The van der Waals surface area contributed by atoms with Gasteiger partial charge in [-0.1, -0.05) is 6.07 Å². The number of amides is 1. The van der Waals surface area contributed by atoms with Gasteiger partial charge in [0.25, 0.3) is 0 Å². The first-order valence-corrected chi connectivity index (χ1v) is 6.45. The molecule has 0 fully saturated rings. The van der Waals surface area contributed by atoms with Crippen LogP contribution in [-0.4, -0.2) is 32.5 Å². The number of aliphatic hydroxyl groups is 1. The van der Waals surface area contributed by atoms with E-state index < -0.39 is 5.60 Å². The van der Waals surface area contributed by atoms with Crippen LogP contribution in [0.15, 0.2) is 36.8 Å². The summed E-state index contributed by atoms with van der Waals surface area (Å²) in [7, 11) is 0. The predicted molar refractivity (Wildman–Crippen MR) is 78.6 cm³/mol. The van der Waals surface area contributed by atoms with Gasteiger partial charge in [0.15, 0.2) is 11.6 Å². The number of anilines is 2. The molecule has 1 aliphatic rings. The zero-order chi connectivity index (χ0) is 15.3. The molecule has 110 valence electrons. The monoisotopic (exact) mass is 287 g/mol. The molecule has 2 aromatic heterocycles. The number of hydrogen-bond acceptors (Lipinski definition) is 6. The van der Waals surface area contributed by atoms with Gasteiger partial charge in [-0.2, -0.15) is 0 Å². The van der Waals surface area contributed by atoms with Gasteiger partial charge in [0.1, 0.15) is 5.60 Å². The molecule has 0 aliphatic carbocycles. The minimum atomic E-state index is -0.818. The molecule has 0 unspecified atom stereocenters. The Bertz CT molecular complexity index is 610. The second-order valence-corrected chi connectivity index (χ2v) is 4.93. The van der Waals surface area contributed by atoms with Gasteiger partial charge in [0.2, 0.25) is 5.91 Å². The van der Waals surface area contributed by atoms with Gasteiger partial charge < -0.3 is 15.7 Å². The van der Waals surface area contributed by atoms with E-state index in [0.717, 1.165) is 0 Å². The lowest BCUT2D eigenvalue weighted by atomic mass is 10.1. The summed E-state index contributed by atoms with van der Waals surface area (Å²) in [5.74, 6) is 1.05. The second-order valence-electron chi connectivity index (χ2n) is 4.93. The normalized spacial score (nSPS) is 13.2. The van der Waals surface area contributed by atoms with Crippen molar-refractivity contribution in [1.29, 1.82) is 0 Å². The standard InChI is InChI=1S/C8H11NO.C6H6N4O/c1-8(2,10)7-5-3-4-6-9-7;11-4-3-9-5-6(10-4)8-2-1-7-5/h3-6,10H,1-2H3;1-2H,3H2,(H,7,9)(H,8,10,11). The predicted octanol–water partition coefficient (Wildman–Crippen LogP) is 1.15. The fraction of sp³-hybridized carbons (Fsp3) is 0.286. The molecule has 0 bridgehead atoms. The lowest BCUT2D eigenvalue weighted by Gasteiger charge is -2.15. The highest BCUT2D eigenvalue weighted by Gasteiger charge is 2.16. The second kappa shape index (κ2) is 6.27. The van der Waals surface area contributed by atoms with E-state index in [4.69, 9.17) is 0 Å². The van der Waals surface area contributed by atoms with Gasteiger partial charge in [-0.15, -0.1) is 0 Å². The quantitative estimate of drug-likeness (QED) is 0.727. The molecular formula is C14H17N5O2. The van der Waals surface area contributed by atoms with Crippen molar-refractivity contribution in [3.8, 4) is 0 Å². The highest BCUT2D eigenvalue weighted by Crippen LogP contribution is 2.16. The molecule has 1 amide bonds. The number of carbonyl (C=O) groups excluding carboxylic acids is 1. The van der Waals surface area contributed by atoms with Crippen LogP contribution >= 0.6 is 0 Å². The Hall–Kier alpha value is -2.54. The molecule has 3 heterocycles. The molecule has 0 aromatic carbocycles. The van der Waals surface area contributed by atoms with Crippen molar-refractivity contribution in [3.05, 3.63) is 42.5 Å². The number of hydrogen-bond donors (Lipinski definition) is 3. The van der Waals surface area contributed by atoms with Crippen LogP contribution < -0.4 is 10.6 Å². The summed E-state index contributed by atoms with van der Waals surface area (Å²) < 4.78 is 0. The Morgan fingerprint density at radius 3 is 2.38 bits per heavy atom. The fourth-order valence-electron chi connectivity index (χ4n) is 1.62. The molecule has 1 aliphatic heterocycles. The molecule has 0 atom stereocenters. The molecule has 3 N–H and O–H groups in total. The van der Waals surface area contributed by atoms with E-state index >= 15 is 0 Å². The van der Waals surface area contributed by atoms with E-state index in [9.17, 15) is 9.90 Å². The third-order valence-corrected chi connectivity index (χ3v) is 2.66. The van der Waals surface area contributed by atoms with E-state index in [2.05, 4.69) is 25.6 Å². The minimum Gasteiger partial charge on any atom is -0.384 e. The summed E-state index contributed by atoms with van der Waals surface area (Å²) in [5.41, 5.74) is -0.114. The molecular weight excluding hydrogens is 270 g/mol. The van der Waals surface area contributed by atoms with Gasteiger partial charge in [-0.25, -0.2) is 9.97 Å². The van der Waals surface area contributed by atoms with Gasteiger partial charge >= 0.3 is 0 Å². The molecule has 3 rings (SSSR count). The number of nitrogens with one attached hydrogen (secondary N) is 2. The van der Waals surface area contributed by atoms with Gasteiger partial charge in [0.05, 0.1) is 12.2 Å². The van der Waals surface area contributed by atoms with E-state index in [-0.39, 0.29) is 12.5 Å². The first-order chi connectivity index (χ1) is 9.97. The Morgan fingerprint density at radius 1 is 1.10 bits per heavy atom. The van der Waals surface area contributed by atoms with Gasteiger partial charge in [-0.05, 0) is 26.0 Å². The van der Waals surface area contributed by atoms with Crippen LogP contribution in [0.4, 0.5) is 11.6 Å². The smallest absolute Gasteiger partial charge is 0.244 e. The average Bonchev–Trinajstić information content (AvgIpc) is 2.48. The Balaban J connectivity index is 0.000000155. The van der Waals surface area contributed by atoms with E-state index in [1.54, 1.807) is 32.3 Å². The molecule has 7 heteroatoms. The van der Waals surface area contributed by atoms with Crippen molar-refractivity contribution in [2.45, 2.75) is 19.4 Å². The third-order valence-electron chi connectivity index (χ3n) is 2.66. The maximum absolute atomic E-state index is 10.8. The summed E-state index contributed by atoms with van der Waals surface area (Å²) in [6.07, 6.45) is 4.78. The molecule has 21 heavy (non-hydrogen) atoms. The van der Waals surface area contributed by atoms with Crippen LogP contribution in [0, 0.1) is 0 Å². The topological polar surface area (TPSA) is 100 Å². The van der Waals surface area contributed by atoms with Crippen molar-refractivity contribution in [2.75, 3.05) is 17.2 Å². The number of nitrogens with zero attached hydrogens (tertiary/aromatic N) is 3. The lowest BCUT2D eigenvalue weighted by molar-refractivity contribution is -0.114. The zero-order valence-electron chi connectivity index (χ0n) is 11.9. The Morgan fingerprint density at radius 2 is 1.81 bits per heavy atom. The van der Waals surface area contributed by atoms with Gasteiger partial charge in [-0.3, -0.25) is 9.78 Å². The van der Waals surface area contributed by atoms with E-state index in [0.29, 0.717) is 17.3 Å². The molecule has 0 spiro atoms. The highest BCUT2D eigenvalue weighted by atomic mass is 16.3. The van der Waals surface area contributed by atoms with Crippen LogP contribution in [0.2, 0.25) is 0 Å². The molecule has 0 radical (unpaired) electrons. The van der Waals surface area contributed by atoms with Crippen LogP contribution in [0.1, 0.15) is 19.5 Å². The van der Waals surface area contributed by atoms with Crippen molar-refractivity contribution >= 4 is 17.5 Å². The van der Waals surface area contributed by atoms with Crippen LogP contribution in [0.25, 0.3) is 0 Å². The number of fused-ring (bicyclic) bond motifs is 1. The zero-order valence-corrected chi connectivity index (χ0v) is 11.9. The summed E-state index contributed by atoms with van der Waals surface area (Å²) in [5, 5.41) is 14.8. The van der Waals surface area contributed by atoms with E-state index in [1.807, 2.05) is 12.1 Å². The maximum atomic E-state index is 10.8. The first-order valence-electron chi connectivity index (χ1n) is 6.45. The lowest BCUT2D eigenvalue weighted by Crippen LogP contribution is -2.28. The fourth-order valence-corrected chi connectivity index (χ4v) is 1.62. The average molecular weight is 287 g/mol. The van der Waals surface area contributed by atoms with Crippen molar-refractivity contribution in [1.82, 2.24) is 15.0 Å². The van der Waals surface area contributed by atoms with E-state index in [1.165, 1.54) is 6.20 Å². The Labute approximate surface area is 122 Å². The van der Waals surface area contributed by atoms with Crippen LogP contribution in [-0.2, 0) is 10.4 Å².